The Morgan fingerprint density at radius 2 is 2.00 bits per heavy atom. The number of carbonyl (C=O) groups excluding carboxylic acids is 1. The van der Waals surface area contributed by atoms with Crippen LogP contribution in [0.5, 0.6) is 0 Å². The molecular weight excluding hydrogens is 405 g/mol. The molecule has 1 N–H and O–H groups in total. The Bertz CT molecular complexity index is 831. The highest BCUT2D eigenvalue weighted by molar-refractivity contribution is 5.95. The summed E-state index contributed by atoms with van der Waals surface area (Å²) in [4.78, 5) is 15.1. The van der Waals surface area contributed by atoms with Crippen LogP contribution >= 0.6 is 12.4 Å². The maximum atomic E-state index is 13.2. The maximum absolute atomic E-state index is 13.2. The first-order chi connectivity index (χ1) is 13.3. The number of benzene rings is 1. The van der Waals surface area contributed by atoms with Gasteiger partial charge >= 0.3 is 6.18 Å². The van der Waals surface area contributed by atoms with Crippen LogP contribution in [0.1, 0.15) is 47.8 Å². The number of alkyl halides is 3. The summed E-state index contributed by atoms with van der Waals surface area (Å²) >= 11 is 0. The summed E-state index contributed by atoms with van der Waals surface area (Å²) in [6, 6.07) is 5.14. The van der Waals surface area contributed by atoms with Crippen LogP contribution in [0.15, 0.2) is 30.5 Å². The van der Waals surface area contributed by atoms with Gasteiger partial charge in [-0.15, -0.1) is 12.4 Å². The first-order valence-corrected chi connectivity index (χ1v) is 9.57. The molecule has 2 heterocycles. The van der Waals surface area contributed by atoms with Crippen LogP contribution in [0.4, 0.5) is 13.2 Å². The zero-order valence-corrected chi connectivity index (χ0v) is 17.3. The monoisotopic (exact) mass is 430 g/mol. The van der Waals surface area contributed by atoms with E-state index in [-0.39, 0.29) is 30.0 Å². The van der Waals surface area contributed by atoms with Crippen LogP contribution < -0.4 is 5.32 Å². The van der Waals surface area contributed by atoms with Crippen LogP contribution in [0.2, 0.25) is 0 Å². The Hall–Kier alpha value is -2.06. The lowest BCUT2D eigenvalue weighted by Gasteiger charge is -2.34. The molecule has 1 aliphatic rings. The van der Waals surface area contributed by atoms with E-state index < -0.39 is 11.7 Å². The number of aromatic nitrogens is 2. The van der Waals surface area contributed by atoms with Crippen molar-refractivity contribution in [3.8, 4) is 5.69 Å². The molecule has 29 heavy (non-hydrogen) atoms. The summed E-state index contributed by atoms with van der Waals surface area (Å²) in [6.45, 7) is 6.15. The Kier molecular flexibility index (Phi) is 7.71. The summed E-state index contributed by atoms with van der Waals surface area (Å²) < 4.78 is 40.5. The van der Waals surface area contributed by atoms with E-state index in [9.17, 15) is 18.0 Å². The molecule has 9 heteroatoms. The zero-order chi connectivity index (χ0) is 20.3. The predicted octanol–water partition coefficient (Wildman–Crippen LogP) is 4.23. The molecule has 5 nitrogen and oxygen atoms in total. The highest BCUT2D eigenvalue weighted by Crippen LogP contribution is 2.30. The minimum atomic E-state index is -4.43. The molecule has 0 radical (unpaired) electrons. The van der Waals surface area contributed by atoms with Crippen molar-refractivity contribution in [1.29, 1.82) is 0 Å². The van der Waals surface area contributed by atoms with Gasteiger partial charge in [0.2, 0.25) is 0 Å². The minimum Gasteiger partial charge on any atom is -0.335 e. The van der Waals surface area contributed by atoms with E-state index in [2.05, 4.69) is 10.4 Å². The van der Waals surface area contributed by atoms with E-state index in [1.54, 1.807) is 13.0 Å². The highest BCUT2D eigenvalue weighted by atomic mass is 35.5. The largest absolute Gasteiger partial charge is 0.416 e. The number of nitrogens with zero attached hydrogens (tertiary/aromatic N) is 3. The van der Waals surface area contributed by atoms with Crippen molar-refractivity contribution in [3.05, 3.63) is 47.3 Å². The standard InChI is InChI=1S/C20H25F3N4O.ClH/c1-3-11-26(16-7-9-24-10-8-16)19(28)18-13-25-27(14(18)2)17-6-4-5-15(12-17)20(21,22)23;/h4-6,12-13,16,24H,3,7-11H2,1-2H3;1H. The first kappa shape index (κ1) is 23.2. The molecule has 1 aromatic carbocycles. The van der Waals surface area contributed by atoms with Crippen LogP contribution in [0, 0.1) is 6.92 Å². The van der Waals surface area contributed by atoms with Gasteiger partial charge in [-0.1, -0.05) is 13.0 Å². The number of carbonyl (C=O) groups is 1. The summed E-state index contributed by atoms with van der Waals surface area (Å²) in [7, 11) is 0. The van der Waals surface area contributed by atoms with Crippen LogP contribution in [-0.2, 0) is 6.18 Å². The van der Waals surface area contributed by atoms with Gasteiger partial charge in [0.15, 0.2) is 0 Å². The highest BCUT2D eigenvalue weighted by Gasteiger charge is 2.31. The van der Waals surface area contributed by atoms with E-state index in [1.807, 2.05) is 11.8 Å². The number of hydrogen-bond donors (Lipinski definition) is 1. The Morgan fingerprint density at radius 3 is 2.62 bits per heavy atom. The molecule has 0 saturated carbocycles. The summed E-state index contributed by atoms with van der Waals surface area (Å²) in [5, 5.41) is 7.51. The third kappa shape index (κ3) is 5.11. The van der Waals surface area contributed by atoms with E-state index in [4.69, 9.17) is 0 Å². The summed E-state index contributed by atoms with van der Waals surface area (Å²) in [6.07, 6.45) is -0.333. The molecule has 1 aliphatic heterocycles. The number of hydrogen-bond acceptors (Lipinski definition) is 3. The van der Waals surface area contributed by atoms with Gasteiger partial charge in [-0.3, -0.25) is 4.79 Å². The van der Waals surface area contributed by atoms with Crippen LogP contribution in [0.3, 0.4) is 0 Å². The molecule has 1 fully saturated rings. The van der Waals surface area contributed by atoms with Gasteiger partial charge in [-0.25, -0.2) is 4.68 Å². The lowest BCUT2D eigenvalue weighted by Crippen LogP contribution is -2.46. The van der Waals surface area contributed by atoms with Gasteiger partial charge < -0.3 is 10.2 Å². The van der Waals surface area contributed by atoms with Crippen LogP contribution in [0.25, 0.3) is 5.69 Å². The second-order valence-electron chi connectivity index (χ2n) is 7.08. The van der Waals surface area contributed by atoms with Crippen molar-refractivity contribution in [2.24, 2.45) is 0 Å². The topological polar surface area (TPSA) is 50.2 Å². The van der Waals surface area contributed by atoms with Crippen molar-refractivity contribution >= 4 is 18.3 Å². The van der Waals surface area contributed by atoms with Crippen molar-refractivity contribution in [1.82, 2.24) is 20.0 Å². The fourth-order valence-electron chi connectivity index (χ4n) is 3.66. The molecule has 0 unspecified atom stereocenters. The quantitative estimate of drug-likeness (QED) is 0.772. The molecule has 1 saturated heterocycles. The average Bonchev–Trinajstić information content (AvgIpc) is 3.07. The minimum absolute atomic E-state index is 0. The smallest absolute Gasteiger partial charge is 0.335 e. The Labute approximate surface area is 174 Å². The van der Waals surface area contributed by atoms with Gasteiger partial charge in [-0.05, 0) is 57.5 Å². The van der Waals surface area contributed by atoms with E-state index >= 15 is 0 Å². The maximum Gasteiger partial charge on any atom is 0.416 e. The third-order valence-electron chi connectivity index (χ3n) is 5.13. The molecule has 0 aliphatic carbocycles. The fourth-order valence-corrected chi connectivity index (χ4v) is 3.66. The molecule has 3 rings (SSSR count). The van der Waals surface area contributed by atoms with Crippen molar-refractivity contribution in [2.75, 3.05) is 19.6 Å². The van der Waals surface area contributed by atoms with Crippen molar-refractivity contribution < 1.29 is 18.0 Å². The molecular formula is C20H26ClF3N4O. The zero-order valence-electron chi connectivity index (χ0n) is 16.5. The molecule has 2 aromatic rings. The molecule has 1 aromatic heterocycles. The lowest BCUT2D eigenvalue weighted by molar-refractivity contribution is -0.137. The molecule has 0 spiro atoms. The summed E-state index contributed by atoms with van der Waals surface area (Å²) in [5.74, 6) is -0.107. The number of piperidine rings is 1. The van der Waals surface area contributed by atoms with Crippen LogP contribution in [-0.4, -0.2) is 46.3 Å². The third-order valence-corrected chi connectivity index (χ3v) is 5.13. The van der Waals surface area contributed by atoms with Gasteiger partial charge in [0.1, 0.15) is 0 Å². The van der Waals surface area contributed by atoms with Gasteiger partial charge in [0.05, 0.1) is 28.7 Å². The van der Waals surface area contributed by atoms with E-state index in [0.717, 1.165) is 44.5 Å². The number of rotatable bonds is 5. The van der Waals surface area contributed by atoms with E-state index in [1.165, 1.54) is 16.9 Å². The SMILES string of the molecule is CCCN(C(=O)c1cnn(-c2cccc(C(F)(F)F)c2)c1C)C1CCNCC1.Cl. The second-order valence-corrected chi connectivity index (χ2v) is 7.08. The predicted molar refractivity (Wildman–Crippen MR) is 108 cm³/mol. The van der Waals surface area contributed by atoms with Gasteiger partial charge in [0, 0.05) is 12.6 Å². The van der Waals surface area contributed by atoms with Crippen molar-refractivity contribution in [2.45, 2.75) is 45.3 Å². The fraction of sp³-hybridized carbons (Fsp3) is 0.500. The number of halogens is 4. The molecule has 0 bridgehead atoms. The first-order valence-electron chi connectivity index (χ1n) is 9.57. The summed E-state index contributed by atoms with van der Waals surface area (Å²) in [5.41, 5.74) is 0.522. The van der Waals surface area contributed by atoms with Crippen molar-refractivity contribution in [3.63, 3.8) is 0 Å². The molecule has 0 atom stereocenters. The Morgan fingerprint density at radius 1 is 1.31 bits per heavy atom. The molecule has 160 valence electrons. The van der Waals surface area contributed by atoms with Gasteiger partial charge in [0.25, 0.3) is 5.91 Å². The number of amides is 1. The Balaban J connectivity index is 0.00000300. The molecule has 1 amide bonds. The average molecular weight is 431 g/mol. The number of nitrogens with one attached hydrogen (secondary N) is 1. The normalized spacial score (nSPS) is 15.1. The van der Waals surface area contributed by atoms with Gasteiger partial charge in [-0.2, -0.15) is 18.3 Å². The van der Waals surface area contributed by atoms with E-state index in [0.29, 0.717) is 17.8 Å². The lowest BCUT2D eigenvalue weighted by atomic mass is 10.0. The second kappa shape index (κ2) is 9.63.